The zero-order valence-electron chi connectivity index (χ0n) is 29.0. The summed E-state index contributed by atoms with van der Waals surface area (Å²) in [6.07, 6.45) is 0. The average Bonchev–Trinajstić information content (AvgIpc) is 3.78. The lowest BCUT2D eigenvalue weighted by Gasteiger charge is -2.13. The molecule has 0 radical (unpaired) electrons. The van der Waals surface area contributed by atoms with Gasteiger partial charge in [0, 0.05) is 47.6 Å². The van der Waals surface area contributed by atoms with Gasteiger partial charge in [0.1, 0.15) is 0 Å². The number of rotatable bonds is 5. The molecule has 0 aliphatic rings. The Labute approximate surface area is 315 Å². The minimum Gasteiger partial charge on any atom is -0.277 e. The van der Waals surface area contributed by atoms with Crippen molar-refractivity contribution in [2.45, 2.75) is 0 Å². The summed E-state index contributed by atoms with van der Waals surface area (Å²) in [4.78, 5) is 15.7. The van der Waals surface area contributed by atoms with Crippen molar-refractivity contribution in [3.8, 4) is 51.0 Å². The van der Waals surface area contributed by atoms with Gasteiger partial charge < -0.3 is 0 Å². The number of para-hydroxylation sites is 1. The number of hydrogen-bond donors (Lipinski definition) is 0. The minimum absolute atomic E-state index is 0.579. The molecule has 0 aliphatic heterocycles. The van der Waals surface area contributed by atoms with Crippen LogP contribution in [0.3, 0.4) is 0 Å². The molecule has 0 N–H and O–H groups in total. The second-order valence-electron chi connectivity index (χ2n) is 13.7. The number of fused-ring (bicyclic) bond motifs is 7. The van der Waals surface area contributed by atoms with E-state index in [-0.39, 0.29) is 0 Å². The third-order valence-electron chi connectivity index (χ3n) is 10.4. The van der Waals surface area contributed by atoms with Gasteiger partial charge in [0.15, 0.2) is 11.6 Å². The summed E-state index contributed by atoms with van der Waals surface area (Å²) in [6, 6.07) is 64.5. The van der Waals surface area contributed by atoms with Crippen molar-refractivity contribution in [3.05, 3.63) is 182 Å². The standard InChI is InChI=1S/C49H30N4S/c1-3-12-31(13-4-1)32-22-24-34(25-23-32)48-50-47(33-14-5-2-6-15-33)51-49(52-48)53-43-30-36-17-8-7-16-35(36)28-41(43)40-20-11-19-38(46(40)53)37-26-27-45-42(29-37)39-18-9-10-21-44(39)54-45/h1-30H. The summed E-state index contributed by atoms with van der Waals surface area (Å²) in [7, 11) is 0. The molecule has 0 fully saturated rings. The Morgan fingerprint density at radius 2 is 0.944 bits per heavy atom. The fourth-order valence-electron chi connectivity index (χ4n) is 7.84. The van der Waals surface area contributed by atoms with E-state index in [0.29, 0.717) is 17.6 Å². The number of benzene rings is 8. The Morgan fingerprint density at radius 3 is 1.72 bits per heavy atom. The molecule has 8 aromatic carbocycles. The number of aromatic nitrogens is 4. The molecule has 0 saturated carbocycles. The van der Waals surface area contributed by atoms with E-state index in [9.17, 15) is 0 Å². The van der Waals surface area contributed by atoms with E-state index in [2.05, 4.69) is 162 Å². The van der Waals surface area contributed by atoms with Crippen LogP contribution in [0, 0.1) is 0 Å². The predicted octanol–water partition coefficient (Wildman–Crippen LogP) is 13.2. The van der Waals surface area contributed by atoms with Crippen LogP contribution in [-0.2, 0) is 0 Å². The smallest absolute Gasteiger partial charge is 0.238 e. The van der Waals surface area contributed by atoms with Crippen LogP contribution < -0.4 is 0 Å². The second kappa shape index (κ2) is 12.3. The molecule has 0 amide bonds. The normalized spacial score (nSPS) is 11.7. The molecule has 3 aromatic heterocycles. The Kier molecular flexibility index (Phi) is 7.00. The molecule has 252 valence electrons. The van der Waals surface area contributed by atoms with E-state index in [1.54, 1.807) is 0 Å². The van der Waals surface area contributed by atoms with Gasteiger partial charge in [0.05, 0.1) is 11.0 Å². The van der Waals surface area contributed by atoms with Gasteiger partial charge in [-0.3, -0.25) is 4.57 Å². The van der Waals surface area contributed by atoms with Crippen molar-refractivity contribution < 1.29 is 0 Å². The Bertz CT molecular complexity index is 3200. The Morgan fingerprint density at radius 1 is 0.370 bits per heavy atom. The molecular formula is C49H30N4S. The van der Waals surface area contributed by atoms with Gasteiger partial charge in [0.2, 0.25) is 5.95 Å². The number of thiophene rings is 1. The largest absolute Gasteiger partial charge is 0.277 e. The maximum atomic E-state index is 5.31. The molecule has 3 heterocycles. The lowest BCUT2D eigenvalue weighted by atomic mass is 9.99. The van der Waals surface area contributed by atoms with E-state index < -0.39 is 0 Å². The lowest BCUT2D eigenvalue weighted by molar-refractivity contribution is 0.954. The van der Waals surface area contributed by atoms with E-state index in [0.717, 1.165) is 55.0 Å². The first-order valence-electron chi connectivity index (χ1n) is 18.1. The van der Waals surface area contributed by atoms with E-state index in [4.69, 9.17) is 15.0 Å². The summed E-state index contributed by atoms with van der Waals surface area (Å²) in [5, 5.41) is 7.22. The van der Waals surface area contributed by atoms with Crippen LogP contribution in [0.5, 0.6) is 0 Å². The summed E-state index contributed by atoms with van der Waals surface area (Å²) >= 11 is 1.84. The van der Waals surface area contributed by atoms with Crippen molar-refractivity contribution in [2.24, 2.45) is 0 Å². The predicted molar refractivity (Wildman–Crippen MR) is 226 cm³/mol. The summed E-state index contributed by atoms with van der Waals surface area (Å²) in [5.41, 5.74) is 8.57. The van der Waals surface area contributed by atoms with Crippen LogP contribution in [0.25, 0.3) is 104 Å². The molecule has 11 rings (SSSR count). The highest BCUT2D eigenvalue weighted by Crippen LogP contribution is 2.42. The van der Waals surface area contributed by atoms with Gasteiger partial charge in [0.25, 0.3) is 0 Å². The molecule has 0 aliphatic carbocycles. The first-order chi connectivity index (χ1) is 26.7. The van der Waals surface area contributed by atoms with Gasteiger partial charge in [-0.05, 0) is 57.8 Å². The molecular weight excluding hydrogens is 677 g/mol. The number of hydrogen-bond acceptors (Lipinski definition) is 4. The minimum atomic E-state index is 0.579. The molecule has 4 nitrogen and oxygen atoms in total. The zero-order chi connectivity index (χ0) is 35.6. The molecule has 0 saturated heterocycles. The van der Waals surface area contributed by atoms with Gasteiger partial charge >= 0.3 is 0 Å². The molecule has 54 heavy (non-hydrogen) atoms. The topological polar surface area (TPSA) is 43.6 Å². The highest BCUT2D eigenvalue weighted by Gasteiger charge is 2.21. The zero-order valence-corrected chi connectivity index (χ0v) is 29.8. The van der Waals surface area contributed by atoms with Gasteiger partial charge in [-0.15, -0.1) is 11.3 Å². The van der Waals surface area contributed by atoms with Crippen LogP contribution in [0.2, 0.25) is 0 Å². The molecule has 11 aromatic rings. The van der Waals surface area contributed by atoms with Crippen molar-refractivity contribution in [3.63, 3.8) is 0 Å². The Hall–Kier alpha value is -6.95. The van der Waals surface area contributed by atoms with Crippen LogP contribution in [0.15, 0.2) is 182 Å². The molecule has 0 unspecified atom stereocenters. The summed E-state index contributed by atoms with van der Waals surface area (Å²) < 4.78 is 4.84. The first-order valence-corrected chi connectivity index (χ1v) is 18.9. The maximum Gasteiger partial charge on any atom is 0.238 e. The van der Waals surface area contributed by atoms with Crippen molar-refractivity contribution in [1.29, 1.82) is 0 Å². The van der Waals surface area contributed by atoms with Gasteiger partial charge in [-0.1, -0.05) is 152 Å². The van der Waals surface area contributed by atoms with Gasteiger partial charge in [-0.2, -0.15) is 9.97 Å². The van der Waals surface area contributed by atoms with Gasteiger partial charge in [-0.25, -0.2) is 4.98 Å². The van der Waals surface area contributed by atoms with Crippen LogP contribution in [0.4, 0.5) is 0 Å². The van der Waals surface area contributed by atoms with E-state index in [1.807, 2.05) is 35.6 Å². The molecule has 5 heteroatoms. The summed E-state index contributed by atoms with van der Waals surface area (Å²) in [5.74, 6) is 1.83. The highest BCUT2D eigenvalue weighted by atomic mass is 32.1. The third-order valence-corrected chi connectivity index (χ3v) is 11.6. The number of nitrogens with zero attached hydrogens (tertiary/aromatic N) is 4. The molecule has 0 spiro atoms. The van der Waals surface area contributed by atoms with E-state index >= 15 is 0 Å². The molecule has 0 atom stereocenters. The Balaban J connectivity index is 1.20. The third kappa shape index (κ3) is 5.01. The maximum absolute atomic E-state index is 5.31. The van der Waals surface area contributed by atoms with Crippen molar-refractivity contribution in [2.75, 3.05) is 0 Å². The highest BCUT2D eigenvalue weighted by molar-refractivity contribution is 7.25. The molecule has 0 bridgehead atoms. The average molecular weight is 707 g/mol. The lowest BCUT2D eigenvalue weighted by Crippen LogP contribution is -2.07. The monoisotopic (exact) mass is 706 g/mol. The van der Waals surface area contributed by atoms with Crippen LogP contribution in [-0.4, -0.2) is 19.5 Å². The van der Waals surface area contributed by atoms with Crippen molar-refractivity contribution >= 4 is 64.1 Å². The fourth-order valence-corrected chi connectivity index (χ4v) is 8.92. The quantitative estimate of drug-likeness (QED) is 0.179. The van der Waals surface area contributed by atoms with Crippen LogP contribution >= 0.6 is 11.3 Å². The summed E-state index contributed by atoms with van der Waals surface area (Å²) in [6.45, 7) is 0. The SMILES string of the molecule is c1ccc(-c2ccc(-c3nc(-c4ccccc4)nc(-n4c5cc6ccccc6cc5c5cccc(-c6ccc7sc8ccccc8c7c6)c54)n3)cc2)cc1. The van der Waals surface area contributed by atoms with E-state index in [1.165, 1.54) is 31.1 Å². The fraction of sp³-hybridized carbons (Fsp3) is 0. The van der Waals surface area contributed by atoms with Crippen molar-refractivity contribution in [1.82, 2.24) is 19.5 Å². The second-order valence-corrected chi connectivity index (χ2v) is 14.7. The van der Waals surface area contributed by atoms with Crippen LogP contribution in [0.1, 0.15) is 0 Å². The first kappa shape index (κ1) is 30.7.